The van der Waals surface area contributed by atoms with Crippen molar-refractivity contribution in [2.75, 3.05) is 0 Å². The third-order valence-electron chi connectivity index (χ3n) is 3.27. The fourth-order valence-corrected chi connectivity index (χ4v) is 2.18. The first-order chi connectivity index (χ1) is 6.60. The molecule has 2 atom stereocenters. The Morgan fingerprint density at radius 1 is 0.857 bits per heavy atom. The Kier molecular flexibility index (Phi) is 8.32. The van der Waals surface area contributed by atoms with Crippen LogP contribution in [0.15, 0.2) is 0 Å². The van der Waals surface area contributed by atoms with E-state index in [0.29, 0.717) is 0 Å². The molecular formula is C14H30. The van der Waals surface area contributed by atoms with Crippen LogP contribution in [0.25, 0.3) is 0 Å². The maximum absolute atomic E-state index is 2.39. The minimum atomic E-state index is 0.878. The van der Waals surface area contributed by atoms with E-state index in [9.17, 15) is 0 Å². The second-order valence-corrected chi connectivity index (χ2v) is 5.38. The molecule has 14 heavy (non-hydrogen) atoms. The summed E-state index contributed by atoms with van der Waals surface area (Å²) in [4.78, 5) is 0. The van der Waals surface area contributed by atoms with Gasteiger partial charge >= 0.3 is 0 Å². The van der Waals surface area contributed by atoms with Gasteiger partial charge in [-0.3, -0.25) is 0 Å². The molecule has 86 valence electrons. The summed E-state index contributed by atoms with van der Waals surface area (Å²) in [6, 6.07) is 0. The molecule has 0 heterocycles. The Hall–Kier alpha value is 0. The van der Waals surface area contributed by atoms with Gasteiger partial charge in [0.15, 0.2) is 0 Å². The molecule has 0 saturated heterocycles. The van der Waals surface area contributed by atoms with Gasteiger partial charge in [-0.2, -0.15) is 0 Å². The van der Waals surface area contributed by atoms with Crippen molar-refractivity contribution in [3.05, 3.63) is 0 Å². The van der Waals surface area contributed by atoms with Crippen LogP contribution >= 0.6 is 0 Å². The van der Waals surface area contributed by atoms with Crippen LogP contribution in [-0.2, 0) is 0 Å². The predicted octanol–water partition coefficient (Wildman–Crippen LogP) is 5.28. The highest BCUT2D eigenvalue weighted by atomic mass is 14.2. The van der Waals surface area contributed by atoms with Gasteiger partial charge in [0, 0.05) is 0 Å². The molecule has 0 nitrogen and oxygen atoms in total. The van der Waals surface area contributed by atoms with Gasteiger partial charge in [-0.1, -0.05) is 66.7 Å². The SMILES string of the molecule is CCCC(CCC(C)CC)CC(C)C. The van der Waals surface area contributed by atoms with E-state index >= 15 is 0 Å². The van der Waals surface area contributed by atoms with Crippen LogP contribution in [-0.4, -0.2) is 0 Å². The molecule has 0 heteroatoms. The molecule has 0 aliphatic carbocycles. The lowest BCUT2D eigenvalue weighted by Gasteiger charge is -2.19. The first-order valence-corrected chi connectivity index (χ1v) is 6.60. The summed E-state index contributed by atoms with van der Waals surface area (Å²) < 4.78 is 0. The molecule has 0 aliphatic heterocycles. The fraction of sp³-hybridized carbons (Fsp3) is 1.00. The van der Waals surface area contributed by atoms with Crippen molar-refractivity contribution in [2.24, 2.45) is 17.8 Å². The van der Waals surface area contributed by atoms with Crippen LogP contribution in [0.5, 0.6) is 0 Å². The molecule has 0 N–H and O–H groups in total. The molecule has 0 radical (unpaired) electrons. The van der Waals surface area contributed by atoms with Crippen molar-refractivity contribution < 1.29 is 0 Å². The van der Waals surface area contributed by atoms with Crippen LogP contribution in [0.1, 0.15) is 73.1 Å². The van der Waals surface area contributed by atoms with Crippen LogP contribution in [0.2, 0.25) is 0 Å². The molecule has 0 aliphatic rings. The Morgan fingerprint density at radius 3 is 1.93 bits per heavy atom. The van der Waals surface area contributed by atoms with Crippen LogP contribution in [0.4, 0.5) is 0 Å². The molecular weight excluding hydrogens is 168 g/mol. The lowest BCUT2D eigenvalue weighted by atomic mass is 9.86. The molecule has 0 fully saturated rings. The molecule has 0 aromatic heterocycles. The van der Waals surface area contributed by atoms with Crippen molar-refractivity contribution in [2.45, 2.75) is 73.1 Å². The summed E-state index contributed by atoms with van der Waals surface area (Å²) in [5.41, 5.74) is 0. The van der Waals surface area contributed by atoms with E-state index in [1.54, 1.807) is 0 Å². The first kappa shape index (κ1) is 14.0. The average Bonchev–Trinajstić information content (AvgIpc) is 2.13. The van der Waals surface area contributed by atoms with E-state index in [0.717, 1.165) is 17.8 Å². The van der Waals surface area contributed by atoms with Crippen molar-refractivity contribution in [1.29, 1.82) is 0 Å². The van der Waals surface area contributed by atoms with Crippen molar-refractivity contribution in [3.63, 3.8) is 0 Å². The maximum atomic E-state index is 2.39. The van der Waals surface area contributed by atoms with E-state index in [1.165, 1.54) is 38.5 Å². The van der Waals surface area contributed by atoms with Crippen LogP contribution in [0, 0.1) is 17.8 Å². The van der Waals surface area contributed by atoms with Crippen molar-refractivity contribution in [1.82, 2.24) is 0 Å². The van der Waals surface area contributed by atoms with Gasteiger partial charge in [0.25, 0.3) is 0 Å². The normalized spacial score (nSPS) is 15.9. The Balaban J connectivity index is 3.72. The predicted molar refractivity (Wildman–Crippen MR) is 66.5 cm³/mol. The quantitative estimate of drug-likeness (QED) is 0.498. The number of hydrogen-bond acceptors (Lipinski definition) is 0. The summed E-state index contributed by atoms with van der Waals surface area (Å²) in [7, 11) is 0. The highest BCUT2D eigenvalue weighted by Crippen LogP contribution is 2.24. The average molecular weight is 198 g/mol. The van der Waals surface area contributed by atoms with E-state index < -0.39 is 0 Å². The van der Waals surface area contributed by atoms with Gasteiger partial charge in [0.05, 0.1) is 0 Å². The summed E-state index contributed by atoms with van der Waals surface area (Å²) >= 11 is 0. The van der Waals surface area contributed by atoms with Crippen molar-refractivity contribution in [3.8, 4) is 0 Å². The number of hydrogen-bond donors (Lipinski definition) is 0. The summed E-state index contributed by atoms with van der Waals surface area (Å²) in [5, 5.41) is 0. The van der Waals surface area contributed by atoms with Gasteiger partial charge in [-0.05, 0) is 24.2 Å². The monoisotopic (exact) mass is 198 g/mol. The van der Waals surface area contributed by atoms with E-state index in [4.69, 9.17) is 0 Å². The Bertz CT molecular complexity index is 115. The van der Waals surface area contributed by atoms with Crippen molar-refractivity contribution >= 4 is 0 Å². The van der Waals surface area contributed by atoms with Gasteiger partial charge in [0.2, 0.25) is 0 Å². The van der Waals surface area contributed by atoms with Crippen LogP contribution in [0.3, 0.4) is 0 Å². The molecule has 0 aromatic carbocycles. The highest BCUT2D eigenvalue weighted by molar-refractivity contribution is 4.63. The summed E-state index contributed by atoms with van der Waals surface area (Å²) in [6.07, 6.45) is 8.48. The molecule has 2 unspecified atom stereocenters. The number of rotatable bonds is 8. The summed E-state index contributed by atoms with van der Waals surface area (Å²) in [5.74, 6) is 2.80. The zero-order chi connectivity index (χ0) is 11.0. The maximum Gasteiger partial charge on any atom is -0.0412 e. The minimum absolute atomic E-state index is 0.878. The first-order valence-electron chi connectivity index (χ1n) is 6.60. The largest absolute Gasteiger partial charge is 0.0654 e. The molecule has 0 saturated carbocycles. The third-order valence-corrected chi connectivity index (χ3v) is 3.27. The fourth-order valence-electron chi connectivity index (χ4n) is 2.18. The highest BCUT2D eigenvalue weighted by Gasteiger charge is 2.11. The molecule has 0 bridgehead atoms. The Morgan fingerprint density at radius 2 is 1.50 bits per heavy atom. The molecule has 0 aromatic rings. The Labute approximate surface area is 91.5 Å². The van der Waals surface area contributed by atoms with Gasteiger partial charge in [0.1, 0.15) is 0 Å². The second kappa shape index (κ2) is 8.32. The molecule has 0 spiro atoms. The molecule has 0 amide bonds. The van der Waals surface area contributed by atoms with Gasteiger partial charge in [-0.25, -0.2) is 0 Å². The lowest BCUT2D eigenvalue weighted by molar-refractivity contribution is 0.327. The topological polar surface area (TPSA) is 0 Å². The molecule has 0 rings (SSSR count). The smallest absolute Gasteiger partial charge is 0.0412 e. The summed E-state index contributed by atoms with van der Waals surface area (Å²) in [6.45, 7) is 11.7. The zero-order valence-corrected chi connectivity index (χ0v) is 11.0. The van der Waals surface area contributed by atoms with Gasteiger partial charge in [-0.15, -0.1) is 0 Å². The van der Waals surface area contributed by atoms with Crippen LogP contribution < -0.4 is 0 Å². The lowest BCUT2D eigenvalue weighted by Crippen LogP contribution is -2.06. The minimum Gasteiger partial charge on any atom is -0.0654 e. The third kappa shape index (κ3) is 7.41. The van der Waals surface area contributed by atoms with Gasteiger partial charge < -0.3 is 0 Å². The van der Waals surface area contributed by atoms with E-state index in [2.05, 4.69) is 34.6 Å². The zero-order valence-electron chi connectivity index (χ0n) is 11.0. The van der Waals surface area contributed by atoms with E-state index in [-0.39, 0.29) is 0 Å². The van der Waals surface area contributed by atoms with E-state index in [1.807, 2.05) is 0 Å². The standard InChI is InChI=1S/C14H30/c1-6-8-14(11-12(3)4)10-9-13(5)7-2/h12-14H,6-11H2,1-5H3. The second-order valence-electron chi connectivity index (χ2n) is 5.38.